The fraction of sp³-hybridized carbons (Fsp3) is 0.484. The van der Waals surface area contributed by atoms with Gasteiger partial charge in [-0.25, -0.2) is 12.8 Å². The fourth-order valence-corrected chi connectivity index (χ4v) is 8.45. The predicted octanol–water partition coefficient (Wildman–Crippen LogP) is 6.59. The Morgan fingerprint density at radius 3 is 2.07 bits per heavy atom. The number of allylic oxidation sites excluding steroid dienone is 1. The van der Waals surface area contributed by atoms with Gasteiger partial charge in [-0.2, -0.15) is 26.3 Å². The summed E-state index contributed by atoms with van der Waals surface area (Å²) in [6.45, 7) is 3.13. The number of esters is 1. The molecule has 0 N–H and O–H groups in total. The lowest BCUT2D eigenvalue weighted by Gasteiger charge is -2.33. The summed E-state index contributed by atoms with van der Waals surface area (Å²) in [5, 5.41) is 0. The molecule has 45 heavy (non-hydrogen) atoms. The standard InChI is InChI=1S/C31H32F7NO5S/c1-3-5-20-6-4-7-25(18-20)45(42,43)28(23-12-14-24(15-13-23)29(32,30(33,34)35)31(36,37)38)16-17-39(19-28)26(40)21-8-10-22(11-9-21)27(41)44-2/h3-4,6-7,12-15,18,21-22H,1,5,8-11,16-17,19H2,2H3/t21-,22-,28?. The summed E-state index contributed by atoms with van der Waals surface area (Å²) in [7, 11) is -3.18. The SMILES string of the molecule is C=CCc1cccc(S(=O)(=O)C2(c3ccc(C(F)(C(F)(F)F)C(F)(F)F)cc3)CCN(C(=O)[C@H]3CC[C@H](C(=O)OC)CC3)C2)c1. The van der Waals surface area contributed by atoms with Crippen molar-refractivity contribution in [3.63, 3.8) is 0 Å². The first-order chi connectivity index (χ1) is 20.9. The molecule has 4 rings (SSSR count). The monoisotopic (exact) mass is 663 g/mol. The van der Waals surface area contributed by atoms with Crippen LogP contribution in [0.5, 0.6) is 0 Å². The fourth-order valence-electron chi connectivity index (χ4n) is 6.30. The molecule has 1 aliphatic carbocycles. The summed E-state index contributed by atoms with van der Waals surface area (Å²) in [6, 6.07) is 7.95. The molecule has 1 atom stereocenters. The largest absolute Gasteiger partial charge is 0.469 e. The molecular weight excluding hydrogens is 631 g/mol. The Bertz CT molecular complexity index is 1520. The minimum absolute atomic E-state index is 0.0682. The molecule has 1 heterocycles. The molecule has 1 saturated heterocycles. The first kappa shape index (κ1) is 34.5. The van der Waals surface area contributed by atoms with Crippen molar-refractivity contribution in [2.24, 2.45) is 11.8 Å². The number of methoxy groups -OCH3 is 1. The minimum Gasteiger partial charge on any atom is -0.469 e. The number of ether oxygens (including phenoxy) is 1. The van der Waals surface area contributed by atoms with Crippen LogP contribution in [0.1, 0.15) is 48.8 Å². The second-order valence-corrected chi connectivity index (χ2v) is 13.7. The van der Waals surface area contributed by atoms with E-state index in [1.165, 1.54) is 30.2 Å². The third kappa shape index (κ3) is 6.09. The number of nitrogens with zero attached hydrogens (tertiary/aromatic N) is 1. The van der Waals surface area contributed by atoms with E-state index >= 15 is 0 Å². The van der Waals surface area contributed by atoms with Gasteiger partial charge in [-0.05, 0) is 61.8 Å². The van der Waals surface area contributed by atoms with Crippen molar-refractivity contribution in [2.45, 2.75) is 66.2 Å². The highest BCUT2D eigenvalue weighted by Gasteiger charge is 2.73. The molecular formula is C31H32F7NO5S. The lowest BCUT2D eigenvalue weighted by molar-refractivity contribution is -0.348. The maximum absolute atomic E-state index is 14.8. The molecule has 6 nitrogen and oxygen atoms in total. The second kappa shape index (κ2) is 12.4. The van der Waals surface area contributed by atoms with Crippen LogP contribution in [0, 0.1) is 11.8 Å². The number of rotatable bonds is 8. The van der Waals surface area contributed by atoms with E-state index in [-0.39, 0.29) is 41.2 Å². The van der Waals surface area contributed by atoms with E-state index in [1.54, 1.807) is 12.1 Å². The van der Waals surface area contributed by atoms with Crippen LogP contribution < -0.4 is 0 Å². The second-order valence-electron chi connectivity index (χ2n) is 11.5. The number of halogens is 7. The number of carbonyl (C=O) groups excluding carboxylic acids is 2. The Morgan fingerprint density at radius 1 is 0.956 bits per heavy atom. The molecule has 1 aliphatic heterocycles. The van der Waals surface area contributed by atoms with Crippen LogP contribution in [-0.2, 0) is 41.0 Å². The van der Waals surface area contributed by atoms with Crippen molar-refractivity contribution >= 4 is 21.7 Å². The molecule has 0 bridgehead atoms. The zero-order valence-electron chi connectivity index (χ0n) is 24.3. The van der Waals surface area contributed by atoms with Crippen LogP contribution in [0.3, 0.4) is 0 Å². The highest BCUT2D eigenvalue weighted by Crippen LogP contribution is 2.54. The molecule has 1 unspecified atom stereocenters. The first-order valence-corrected chi connectivity index (χ1v) is 15.7. The van der Waals surface area contributed by atoms with Gasteiger partial charge in [-0.3, -0.25) is 9.59 Å². The van der Waals surface area contributed by atoms with E-state index in [4.69, 9.17) is 4.74 Å². The molecule has 2 aromatic carbocycles. The van der Waals surface area contributed by atoms with Gasteiger partial charge in [-0.15, -0.1) is 6.58 Å². The zero-order valence-corrected chi connectivity index (χ0v) is 25.1. The Kier molecular flexibility index (Phi) is 9.50. The van der Waals surface area contributed by atoms with Gasteiger partial charge in [0.15, 0.2) is 9.84 Å². The van der Waals surface area contributed by atoms with Crippen LogP contribution in [0.25, 0.3) is 0 Å². The molecule has 2 aliphatic rings. The summed E-state index contributed by atoms with van der Waals surface area (Å²) in [5.74, 6) is -1.64. The number of likely N-dealkylation sites (tertiary alicyclic amines) is 1. The third-order valence-electron chi connectivity index (χ3n) is 8.85. The van der Waals surface area contributed by atoms with Crippen LogP contribution >= 0.6 is 0 Å². The van der Waals surface area contributed by atoms with E-state index in [0.717, 1.165) is 12.1 Å². The Labute approximate surface area is 256 Å². The average molecular weight is 664 g/mol. The Hall–Kier alpha value is -3.42. The highest BCUT2D eigenvalue weighted by atomic mass is 32.2. The van der Waals surface area contributed by atoms with Gasteiger partial charge in [0.2, 0.25) is 5.91 Å². The van der Waals surface area contributed by atoms with E-state index in [1.807, 2.05) is 0 Å². The predicted molar refractivity (Wildman–Crippen MR) is 149 cm³/mol. The highest BCUT2D eigenvalue weighted by molar-refractivity contribution is 7.92. The Balaban J connectivity index is 1.75. The summed E-state index contributed by atoms with van der Waals surface area (Å²) < 4.78 is 127. The van der Waals surface area contributed by atoms with Crippen molar-refractivity contribution in [1.29, 1.82) is 0 Å². The smallest absolute Gasteiger partial charge is 0.435 e. The minimum atomic E-state index is -6.34. The lowest BCUT2D eigenvalue weighted by atomic mass is 9.81. The summed E-state index contributed by atoms with van der Waals surface area (Å²) in [5.41, 5.74) is -7.04. The number of hydrogen-bond acceptors (Lipinski definition) is 5. The normalized spacial score (nSPS) is 23.1. The van der Waals surface area contributed by atoms with Crippen molar-refractivity contribution in [1.82, 2.24) is 4.90 Å². The van der Waals surface area contributed by atoms with Crippen molar-refractivity contribution < 1.29 is 53.5 Å². The molecule has 2 aromatic rings. The molecule has 1 saturated carbocycles. The number of amides is 1. The van der Waals surface area contributed by atoms with E-state index < -0.39 is 50.6 Å². The van der Waals surface area contributed by atoms with Gasteiger partial charge in [0, 0.05) is 24.6 Å². The van der Waals surface area contributed by atoms with Crippen LogP contribution in [0.4, 0.5) is 30.7 Å². The number of hydrogen-bond donors (Lipinski definition) is 0. The average Bonchev–Trinajstić information content (AvgIpc) is 3.47. The summed E-state index contributed by atoms with van der Waals surface area (Å²) in [6.07, 6.45) is -9.56. The molecule has 2 fully saturated rings. The number of sulfone groups is 1. The zero-order chi connectivity index (χ0) is 33.4. The molecule has 0 aromatic heterocycles. The number of alkyl halides is 7. The maximum Gasteiger partial charge on any atom is 0.435 e. The van der Waals surface area contributed by atoms with Gasteiger partial charge in [0.05, 0.1) is 17.9 Å². The van der Waals surface area contributed by atoms with Crippen LogP contribution in [-0.4, -0.2) is 57.7 Å². The molecule has 14 heteroatoms. The Morgan fingerprint density at radius 2 is 1.53 bits per heavy atom. The van der Waals surface area contributed by atoms with Crippen molar-refractivity contribution in [3.8, 4) is 0 Å². The van der Waals surface area contributed by atoms with Crippen molar-refractivity contribution in [3.05, 3.63) is 77.9 Å². The van der Waals surface area contributed by atoms with E-state index in [2.05, 4.69) is 6.58 Å². The van der Waals surface area contributed by atoms with E-state index in [9.17, 15) is 48.7 Å². The van der Waals surface area contributed by atoms with Gasteiger partial charge in [0.1, 0.15) is 4.75 Å². The van der Waals surface area contributed by atoms with Gasteiger partial charge < -0.3 is 9.64 Å². The summed E-state index contributed by atoms with van der Waals surface area (Å²) in [4.78, 5) is 26.7. The van der Waals surface area contributed by atoms with Crippen LogP contribution in [0.15, 0.2) is 66.1 Å². The number of carbonyl (C=O) groups is 2. The topological polar surface area (TPSA) is 80.8 Å². The quantitative estimate of drug-likeness (QED) is 0.181. The number of benzene rings is 2. The molecule has 0 radical (unpaired) electrons. The molecule has 1 amide bonds. The lowest BCUT2D eigenvalue weighted by Crippen LogP contribution is -2.50. The van der Waals surface area contributed by atoms with E-state index in [0.29, 0.717) is 49.8 Å². The third-order valence-corrected chi connectivity index (χ3v) is 11.3. The van der Waals surface area contributed by atoms with Gasteiger partial charge in [0.25, 0.3) is 0 Å². The van der Waals surface area contributed by atoms with Gasteiger partial charge >= 0.3 is 24.0 Å². The molecule has 0 spiro atoms. The first-order valence-electron chi connectivity index (χ1n) is 14.2. The van der Waals surface area contributed by atoms with Crippen molar-refractivity contribution in [2.75, 3.05) is 20.2 Å². The summed E-state index contributed by atoms with van der Waals surface area (Å²) >= 11 is 0. The van der Waals surface area contributed by atoms with Gasteiger partial charge in [-0.1, -0.05) is 42.5 Å². The maximum atomic E-state index is 14.8. The molecule has 246 valence electrons. The van der Waals surface area contributed by atoms with Crippen LogP contribution in [0.2, 0.25) is 0 Å².